The van der Waals surface area contributed by atoms with Crippen LogP contribution in [0.25, 0.3) is 0 Å². The number of benzene rings is 4. The van der Waals surface area contributed by atoms with E-state index in [1.54, 1.807) is 6.92 Å². The fourth-order valence-electron chi connectivity index (χ4n) is 7.72. The van der Waals surface area contributed by atoms with Crippen molar-refractivity contribution < 1.29 is 38.6 Å². The van der Waals surface area contributed by atoms with Gasteiger partial charge in [0.2, 0.25) is 0 Å². The molecular formula is C50H66O8. The standard InChI is InChI=1S/C25H34O5.C25H32O3/c1-17-18(2)24(29-15-21-12-8-5-9-13-21)25(23(27)19(3)26)30-22(17)16-28-14-20-10-6-4-7-11-20;1-4-11-23-25(27-17-22-14-9-6-10-15-22)20(3)19(2)24(28-23)18-26-16-21-12-7-5-8-13-21/h4-13,17-19,22-27H,14-16H2,1-3H3;4-15,19-20,23-25H,16-18H2,1-3H3/t17-,18-,19?,22?,23?,24?,25+;19-,20-,23+,24?,25?/m00/s1. The number of hydrogen-bond acceptors (Lipinski definition) is 8. The van der Waals surface area contributed by atoms with Crippen LogP contribution >= 0.6 is 0 Å². The van der Waals surface area contributed by atoms with Crippen LogP contribution in [0.2, 0.25) is 0 Å². The van der Waals surface area contributed by atoms with Crippen molar-refractivity contribution in [2.75, 3.05) is 13.2 Å². The second-order valence-electron chi connectivity index (χ2n) is 16.0. The molecule has 4 aromatic rings. The van der Waals surface area contributed by atoms with Gasteiger partial charge in [0.15, 0.2) is 0 Å². The molecule has 0 aromatic heterocycles. The summed E-state index contributed by atoms with van der Waals surface area (Å²) in [5, 5.41) is 20.7. The van der Waals surface area contributed by atoms with Crippen LogP contribution in [0, 0.1) is 23.7 Å². The predicted molar refractivity (Wildman–Crippen MR) is 229 cm³/mol. The van der Waals surface area contributed by atoms with Gasteiger partial charge in [-0.05, 0) is 59.8 Å². The average molecular weight is 795 g/mol. The van der Waals surface area contributed by atoms with Crippen LogP contribution in [-0.4, -0.2) is 72.3 Å². The van der Waals surface area contributed by atoms with Gasteiger partial charge in [-0.25, -0.2) is 0 Å². The first-order valence-corrected chi connectivity index (χ1v) is 21.0. The molecule has 0 saturated carbocycles. The minimum Gasteiger partial charge on any atom is -0.391 e. The predicted octanol–water partition coefficient (Wildman–Crippen LogP) is 8.97. The Morgan fingerprint density at radius 3 is 1.33 bits per heavy atom. The lowest BCUT2D eigenvalue weighted by Gasteiger charge is -2.46. The molecule has 0 bridgehead atoms. The summed E-state index contributed by atoms with van der Waals surface area (Å²) in [6, 6.07) is 40.6. The highest BCUT2D eigenvalue weighted by Gasteiger charge is 2.46. The minimum atomic E-state index is -1.03. The highest BCUT2D eigenvalue weighted by Crippen LogP contribution is 2.36. The van der Waals surface area contributed by atoms with Crippen molar-refractivity contribution in [3.8, 4) is 0 Å². The van der Waals surface area contributed by atoms with E-state index in [0.29, 0.717) is 51.5 Å². The van der Waals surface area contributed by atoms with Crippen molar-refractivity contribution in [1.29, 1.82) is 0 Å². The van der Waals surface area contributed by atoms with Crippen molar-refractivity contribution in [1.82, 2.24) is 0 Å². The Balaban J connectivity index is 0.000000221. The maximum absolute atomic E-state index is 10.6. The third-order valence-electron chi connectivity index (χ3n) is 11.8. The maximum Gasteiger partial charge on any atom is 0.113 e. The van der Waals surface area contributed by atoms with Crippen LogP contribution in [0.4, 0.5) is 0 Å². The van der Waals surface area contributed by atoms with E-state index in [-0.39, 0.29) is 42.4 Å². The smallest absolute Gasteiger partial charge is 0.113 e. The molecule has 2 heterocycles. The Bertz CT molecular complexity index is 1700. The number of hydrogen-bond donors (Lipinski definition) is 2. The Labute approximate surface area is 347 Å². The topological polar surface area (TPSA) is 95.8 Å². The van der Waals surface area contributed by atoms with Crippen molar-refractivity contribution in [2.24, 2.45) is 23.7 Å². The van der Waals surface area contributed by atoms with E-state index in [9.17, 15) is 10.2 Å². The summed E-state index contributed by atoms with van der Waals surface area (Å²) >= 11 is 0. The summed E-state index contributed by atoms with van der Waals surface area (Å²) in [7, 11) is 0. The normalized spacial score (nSPS) is 28.3. The van der Waals surface area contributed by atoms with Gasteiger partial charge in [-0.1, -0.05) is 161 Å². The van der Waals surface area contributed by atoms with Crippen molar-refractivity contribution in [2.45, 2.75) is 117 Å². The summed E-state index contributed by atoms with van der Waals surface area (Å²) in [4.78, 5) is 0. The molecule has 4 aromatic carbocycles. The average Bonchev–Trinajstić information content (AvgIpc) is 3.25. The largest absolute Gasteiger partial charge is 0.391 e. The minimum absolute atomic E-state index is 0.0387. The Hall–Kier alpha value is -3.70. The van der Waals surface area contributed by atoms with E-state index < -0.39 is 18.3 Å². The van der Waals surface area contributed by atoms with Crippen LogP contribution in [0.15, 0.2) is 133 Å². The van der Waals surface area contributed by atoms with Crippen LogP contribution in [0.3, 0.4) is 0 Å². The monoisotopic (exact) mass is 794 g/mol. The molecule has 6 rings (SSSR count). The number of ether oxygens (including phenoxy) is 6. The van der Waals surface area contributed by atoms with Gasteiger partial charge in [-0.3, -0.25) is 0 Å². The van der Waals surface area contributed by atoms with Gasteiger partial charge in [0.25, 0.3) is 0 Å². The SMILES string of the molecule is CC(O)C(O)[C@H]1OC(COCc2ccccc2)[C@@H](C)[C@H](C)C1OCc1ccccc1.CC=C[C@H]1OC(COCc2ccccc2)[C@@H](C)[C@H](C)C1OCc1ccccc1. The van der Waals surface area contributed by atoms with Crippen LogP contribution < -0.4 is 0 Å². The molecule has 2 aliphatic rings. The van der Waals surface area contributed by atoms with Crippen LogP contribution in [0.5, 0.6) is 0 Å². The van der Waals surface area contributed by atoms with E-state index in [0.717, 1.165) is 11.1 Å². The van der Waals surface area contributed by atoms with E-state index >= 15 is 0 Å². The second-order valence-corrected chi connectivity index (χ2v) is 16.0. The van der Waals surface area contributed by atoms with Crippen LogP contribution in [0.1, 0.15) is 63.8 Å². The lowest BCUT2D eigenvalue weighted by Crippen LogP contribution is -2.57. The molecule has 0 amide bonds. The fraction of sp³-hybridized carbons (Fsp3) is 0.480. The molecular weight excluding hydrogens is 729 g/mol. The summed E-state index contributed by atoms with van der Waals surface area (Å²) < 4.78 is 37.1. The van der Waals surface area contributed by atoms with E-state index in [1.807, 2.05) is 110 Å². The van der Waals surface area contributed by atoms with Gasteiger partial charge in [0, 0.05) is 0 Å². The van der Waals surface area contributed by atoms with Gasteiger partial charge in [0.05, 0.1) is 70.2 Å². The first kappa shape index (κ1) is 45.4. The molecule has 0 radical (unpaired) electrons. The molecule has 0 aliphatic carbocycles. The molecule has 8 heteroatoms. The zero-order chi connectivity index (χ0) is 41.3. The first-order chi connectivity index (χ1) is 28.2. The highest BCUT2D eigenvalue weighted by molar-refractivity contribution is 5.16. The maximum atomic E-state index is 10.6. The molecule has 8 nitrogen and oxygen atoms in total. The summed E-state index contributed by atoms with van der Waals surface area (Å²) in [5.74, 6) is 1.05. The Kier molecular flexibility index (Phi) is 18.6. The van der Waals surface area contributed by atoms with Crippen LogP contribution in [-0.2, 0) is 54.8 Å². The van der Waals surface area contributed by atoms with E-state index in [2.05, 4.69) is 58.0 Å². The number of aliphatic hydroxyl groups excluding tert-OH is 2. The van der Waals surface area contributed by atoms with Gasteiger partial charge < -0.3 is 38.6 Å². The molecule has 2 N–H and O–H groups in total. The molecule has 2 saturated heterocycles. The third kappa shape index (κ3) is 13.4. The molecule has 2 fully saturated rings. The lowest BCUT2D eigenvalue weighted by atomic mass is 9.79. The Morgan fingerprint density at radius 2 is 0.914 bits per heavy atom. The number of aliphatic hydroxyl groups is 2. The number of allylic oxidation sites excluding steroid dienone is 1. The molecule has 0 spiro atoms. The second kappa shape index (κ2) is 23.8. The summed E-state index contributed by atoms with van der Waals surface area (Å²) in [5.41, 5.74) is 4.55. The fourth-order valence-corrected chi connectivity index (χ4v) is 7.72. The first-order valence-electron chi connectivity index (χ1n) is 21.0. The molecule has 2 aliphatic heterocycles. The third-order valence-corrected chi connectivity index (χ3v) is 11.8. The quantitative estimate of drug-likeness (QED) is 0.102. The molecule has 12 atom stereocenters. The van der Waals surface area contributed by atoms with Crippen molar-refractivity contribution in [3.63, 3.8) is 0 Å². The van der Waals surface area contributed by atoms with Crippen molar-refractivity contribution >= 4 is 0 Å². The Morgan fingerprint density at radius 1 is 0.534 bits per heavy atom. The van der Waals surface area contributed by atoms with Gasteiger partial charge in [-0.15, -0.1) is 0 Å². The zero-order valence-electron chi connectivity index (χ0n) is 35.2. The highest BCUT2D eigenvalue weighted by atomic mass is 16.6. The summed E-state index contributed by atoms with van der Waals surface area (Å²) in [6.07, 6.45) is 1.15. The zero-order valence-corrected chi connectivity index (χ0v) is 35.2. The molecule has 6 unspecified atom stereocenters. The lowest BCUT2D eigenvalue weighted by molar-refractivity contribution is -0.238. The molecule has 314 valence electrons. The van der Waals surface area contributed by atoms with E-state index in [1.165, 1.54) is 11.1 Å². The molecule has 58 heavy (non-hydrogen) atoms. The van der Waals surface area contributed by atoms with Crippen molar-refractivity contribution in [3.05, 3.63) is 156 Å². The summed E-state index contributed by atoms with van der Waals surface area (Å²) in [6.45, 7) is 15.6. The van der Waals surface area contributed by atoms with Gasteiger partial charge >= 0.3 is 0 Å². The van der Waals surface area contributed by atoms with Gasteiger partial charge in [0.1, 0.15) is 18.3 Å². The van der Waals surface area contributed by atoms with E-state index in [4.69, 9.17) is 28.4 Å². The van der Waals surface area contributed by atoms with Gasteiger partial charge in [-0.2, -0.15) is 0 Å². The number of rotatable bonds is 17.